The lowest BCUT2D eigenvalue weighted by Crippen LogP contribution is -2.35. The molecular formula is C18H22N2O5S. The second-order valence-corrected chi connectivity index (χ2v) is 8.54. The Morgan fingerprint density at radius 3 is 2.65 bits per heavy atom. The highest BCUT2D eigenvalue weighted by molar-refractivity contribution is 7.89. The number of hydrogen-bond donors (Lipinski definition) is 0. The van der Waals surface area contributed by atoms with Crippen LogP contribution in [0, 0.1) is 6.92 Å². The molecular weight excluding hydrogens is 356 g/mol. The van der Waals surface area contributed by atoms with Gasteiger partial charge in [0, 0.05) is 18.7 Å². The lowest BCUT2D eigenvalue weighted by atomic mass is 10.1. The van der Waals surface area contributed by atoms with E-state index in [1.807, 2.05) is 13.0 Å². The molecule has 7 nitrogen and oxygen atoms in total. The lowest BCUT2D eigenvalue weighted by Gasteiger charge is -2.28. The van der Waals surface area contributed by atoms with Gasteiger partial charge >= 0.3 is 0 Å². The molecule has 0 unspecified atom stereocenters. The van der Waals surface area contributed by atoms with Crippen molar-refractivity contribution >= 4 is 10.0 Å². The summed E-state index contributed by atoms with van der Waals surface area (Å²) in [6.45, 7) is 3.17. The number of fused-ring (bicyclic) bond motifs is 1. The molecule has 2 aliphatic heterocycles. The van der Waals surface area contributed by atoms with Crippen LogP contribution in [0.4, 0.5) is 0 Å². The number of aryl methyl sites for hydroxylation is 1. The predicted molar refractivity (Wildman–Crippen MR) is 93.8 cm³/mol. The molecule has 1 aromatic carbocycles. The van der Waals surface area contributed by atoms with Crippen molar-refractivity contribution in [3.05, 3.63) is 35.7 Å². The third-order valence-corrected chi connectivity index (χ3v) is 6.72. The Morgan fingerprint density at radius 1 is 1.08 bits per heavy atom. The molecule has 1 fully saturated rings. The first-order chi connectivity index (χ1) is 12.6. The molecule has 0 radical (unpaired) electrons. The number of ether oxygens (including phenoxy) is 2. The number of aromatic nitrogens is 1. The summed E-state index contributed by atoms with van der Waals surface area (Å²) in [6, 6.07) is 6.31. The smallest absolute Gasteiger partial charge is 0.243 e. The lowest BCUT2D eigenvalue weighted by molar-refractivity contribution is 0.171. The molecule has 0 saturated carbocycles. The van der Waals surface area contributed by atoms with Crippen molar-refractivity contribution < 1.29 is 22.4 Å². The predicted octanol–water partition coefficient (Wildman–Crippen LogP) is 3.06. The largest absolute Gasteiger partial charge is 0.486 e. The molecule has 2 aliphatic rings. The van der Waals surface area contributed by atoms with Crippen molar-refractivity contribution in [3.63, 3.8) is 0 Å². The van der Waals surface area contributed by atoms with Crippen LogP contribution in [-0.2, 0) is 10.0 Å². The van der Waals surface area contributed by atoms with Crippen molar-refractivity contribution in [2.75, 3.05) is 19.8 Å². The molecule has 26 heavy (non-hydrogen) atoms. The van der Waals surface area contributed by atoms with Crippen LogP contribution in [0.5, 0.6) is 11.5 Å². The molecule has 3 heterocycles. The number of nitrogens with zero attached hydrogens (tertiary/aromatic N) is 2. The zero-order chi connectivity index (χ0) is 18.1. The van der Waals surface area contributed by atoms with E-state index in [9.17, 15) is 8.42 Å². The second kappa shape index (κ2) is 6.92. The van der Waals surface area contributed by atoms with Crippen molar-refractivity contribution in [1.29, 1.82) is 0 Å². The third-order valence-electron chi connectivity index (χ3n) is 4.81. The van der Waals surface area contributed by atoms with Crippen LogP contribution in [-0.4, -0.2) is 37.6 Å². The fourth-order valence-electron chi connectivity index (χ4n) is 3.53. The standard InChI is InChI=1S/C18H22N2O5S/c1-13-11-15(19-25-13)16-5-3-2-4-8-20(16)26(21,22)14-6-7-17-18(12-14)24-10-9-23-17/h6-7,11-12,16H,2-5,8-10H2,1H3/t16-/m0/s1. The van der Waals surface area contributed by atoms with Gasteiger partial charge in [-0.05, 0) is 31.9 Å². The quantitative estimate of drug-likeness (QED) is 0.816. The van der Waals surface area contributed by atoms with E-state index in [2.05, 4.69) is 5.16 Å². The fraction of sp³-hybridized carbons (Fsp3) is 0.500. The minimum atomic E-state index is -3.69. The van der Waals surface area contributed by atoms with Crippen LogP contribution in [0.3, 0.4) is 0 Å². The Morgan fingerprint density at radius 2 is 1.88 bits per heavy atom. The highest BCUT2D eigenvalue weighted by Crippen LogP contribution is 2.37. The molecule has 2 aromatic rings. The average Bonchev–Trinajstić information content (AvgIpc) is 2.92. The molecule has 1 atom stereocenters. The maximum atomic E-state index is 13.4. The van der Waals surface area contributed by atoms with Crippen molar-refractivity contribution in [2.24, 2.45) is 0 Å². The highest BCUT2D eigenvalue weighted by Gasteiger charge is 2.35. The first kappa shape index (κ1) is 17.4. The van der Waals surface area contributed by atoms with Crippen LogP contribution in [0.1, 0.15) is 43.2 Å². The molecule has 0 N–H and O–H groups in total. The van der Waals surface area contributed by atoms with Gasteiger partial charge in [0.05, 0.1) is 10.9 Å². The van der Waals surface area contributed by atoms with Gasteiger partial charge in [-0.2, -0.15) is 4.31 Å². The van der Waals surface area contributed by atoms with Crippen molar-refractivity contribution in [3.8, 4) is 11.5 Å². The van der Waals surface area contributed by atoms with Crippen LogP contribution in [0.15, 0.2) is 33.7 Å². The van der Waals surface area contributed by atoms with E-state index in [4.69, 9.17) is 14.0 Å². The highest BCUT2D eigenvalue weighted by atomic mass is 32.2. The molecule has 0 amide bonds. The average molecular weight is 378 g/mol. The summed E-state index contributed by atoms with van der Waals surface area (Å²) >= 11 is 0. The van der Waals surface area contributed by atoms with E-state index in [-0.39, 0.29) is 10.9 Å². The Hall–Kier alpha value is -2.06. The van der Waals surface area contributed by atoms with Crippen LogP contribution in [0.25, 0.3) is 0 Å². The Balaban J connectivity index is 1.72. The number of sulfonamides is 1. The van der Waals surface area contributed by atoms with Gasteiger partial charge in [-0.3, -0.25) is 0 Å². The maximum Gasteiger partial charge on any atom is 0.243 e. The minimum absolute atomic E-state index is 0.217. The van der Waals surface area contributed by atoms with Crippen LogP contribution < -0.4 is 9.47 Å². The summed E-state index contributed by atoms with van der Waals surface area (Å²) in [6.07, 6.45) is 3.52. The second-order valence-electron chi connectivity index (χ2n) is 6.65. The van der Waals surface area contributed by atoms with E-state index >= 15 is 0 Å². The number of rotatable bonds is 3. The fourth-order valence-corrected chi connectivity index (χ4v) is 5.21. The summed E-state index contributed by atoms with van der Waals surface area (Å²) in [5.74, 6) is 1.73. The molecule has 0 bridgehead atoms. The minimum Gasteiger partial charge on any atom is -0.486 e. The molecule has 0 aliphatic carbocycles. The van der Waals surface area contributed by atoms with Gasteiger partial charge in [-0.15, -0.1) is 0 Å². The van der Waals surface area contributed by atoms with E-state index < -0.39 is 10.0 Å². The molecule has 1 aromatic heterocycles. The zero-order valence-corrected chi connectivity index (χ0v) is 15.5. The first-order valence-corrected chi connectivity index (χ1v) is 10.3. The molecule has 4 rings (SSSR count). The van der Waals surface area contributed by atoms with E-state index in [1.54, 1.807) is 22.5 Å². The van der Waals surface area contributed by atoms with E-state index in [0.717, 1.165) is 25.7 Å². The molecule has 8 heteroatoms. The summed E-state index contributed by atoms with van der Waals surface area (Å²) in [5.41, 5.74) is 0.672. The van der Waals surface area contributed by atoms with Gasteiger partial charge in [-0.1, -0.05) is 18.0 Å². The van der Waals surface area contributed by atoms with Gasteiger partial charge in [-0.25, -0.2) is 8.42 Å². The Labute approximate surface area is 152 Å². The normalized spacial score (nSPS) is 21.3. The van der Waals surface area contributed by atoms with Crippen molar-refractivity contribution in [1.82, 2.24) is 9.46 Å². The summed E-state index contributed by atoms with van der Waals surface area (Å²) < 4.78 is 44.6. The van der Waals surface area contributed by atoms with Gasteiger partial charge in [0.25, 0.3) is 0 Å². The first-order valence-electron chi connectivity index (χ1n) is 8.90. The summed E-state index contributed by atoms with van der Waals surface area (Å²) in [4.78, 5) is 0.217. The summed E-state index contributed by atoms with van der Waals surface area (Å²) in [5, 5.41) is 4.08. The van der Waals surface area contributed by atoms with Crippen LogP contribution in [0.2, 0.25) is 0 Å². The monoisotopic (exact) mass is 378 g/mol. The zero-order valence-electron chi connectivity index (χ0n) is 14.7. The van der Waals surface area contributed by atoms with Crippen LogP contribution >= 0.6 is 0 Å². The molecule has 0 spiro atoms. The Bertz CT molecular complexity index is 893. The van der Waals surface area contributed by atoms with E-state index in [0.29, 0.717) is 42.7 Å². The number of benzene rings is 1. The molecule has 1 saturated heterocycles. The van der Waals surface area contributed by atoms with Crippen molar-refractivity contribution in [2.45, 2.75) is 43.5 Å². The maximum absolute atomic E-state index is 13.4. The number of hydrogen-bond acceptors (Lipinski definition) is 6. The topological polar surface area (TPSA) is 81.9 Å². The summed E-state index contributed by atoms with van der Waals surface area (Å²) in [7, 11) is -3.69. The van der Waals surface area contributed by atoms with Gasteiger partial charge < -0.3 is 14.0 Å². The molecule has 140 valence electrons. The SMILES string of the molecule is Cc1cc([C@@H]2CCCCCN2S(=O)(=O)c2ccc3c(c2)OCCO3)no1. The van der Waals surface area contributed by atoms with Gasteiger partial charge in [0.2, 0.25) is 10.0 Å². The van der Waals surface area contributed by atoms with Gasteiger partial charge in [0.1, 0.15) is 24.7 Å². The van der Waals surface area contributed by atoms with Gasteiger partial charge in [0.15, 0.2) is 11.5 Å². The third kappa shape index (κ3) is 3.19. The Kier molecular flexibility index (Phi) is 4.62. The van der Waals surface area contributed by atoms with E-state index in [1.165, 1.54) is 0 Å².